The molecule has 1 amide bonds. The summed E-state index contributed by atoms with van der Waals surface area (Å²) in [6.07, 6.45) is 1.59. The van der Waals surface area contributed by atoms with E-state index in [1.807, 2.05) is 30.3 Å². The van der Waals surface area contributed by atoms with Crippen LogP contribution in [-0.2, 0) is 4.79 Å². The lowest BCUT2D eigenvalue weighted by Gasteiger charge is -2.18. The third kappa shape index (κ3) is 4.01. The highest BCUT2D eigenvalue weighted by atomic mass is 16.6. The SMILES string of the molecule is O=C(CCC(=O)c1ccc2c(c1)OCCO2)Nc1cnn(-c2ccccc2)n1. The summed E-state index contributed by atoms with van der Waals surface area (Å²) in [5.74, 6) is 1.08. The second kappa shape index (κ2) is 7.91. The zero-order valence-electron chi connectivity index (χ0n) is 15.0. The van der Waals surface area contributed by atoms with Crippen molar-refractivity contribution in [3.05, 3.63) is 60.3 Å². The van der Waals surface area contributed by atoms with E-state index in [9.17, 15) is 9.59 Å². The first-order valence-corrected chi connectivity index (χ1v) is 8.89. The molecule has 0 atom stereocenters. The number of anilines is 1. The number of hydrogen-bond acceptors (Lipinski definition) is 6. The van der Waals surface area contributed by atoms with Gasteiger partial charge in [-0.3, -0.25) is 9.59 Å². The second-order valence-electron chi connectivity index (χ2n) is 6.18. The van der Waals surface area contributed by atoms with E-state index >= 15 is 0 Å². The number of Topliss-reactive ketones (excluding diaryl/α,β-unsaturated/α-hetero) is 1. The molecule has 0 fully saturated rings. The largest absolute Gasteiger partial charge is 0.486 e. The van der Waals surface area contributed by atoms with Gasteiger partial charge in [-0.1, -0.05) is 18.2 Å². The minimum Gasteiger partial charge on any atom is -0.486 e. The Morgan fingerprint density at radius 2 is 1.79 bits per heavy atom. The van der Waals surface area contributed by atoms with Crippen molar-refractivity contribution in [1.29, 1.82) is 0 Å². The van der Waals surface area contributed by atoms with Crippen LogP contribution in [0, 0.1) is 0 Å². The van der Waals surface area contributed by atoms with Crippen molar-refractivity contribution in [3.8, 4) is 17.2 Å². The molecule has 0 aliphatic carbocycles. The Balaban J connectivity index is 1.32. The summed E-state index contributed by atoms with van der Waals surface area (Å²) in [4.78, 5) is 25.9. The van der Waals surface area contributed by atoms with Gasteiger partial charge in [-0.25, -0.2) is 0 Å². The minimum absolute atomic E-state index is 0.0471. The Kier molecular flexibility index (Phi) is 5.01. The highest BCUT2D eigenvalue weighted by molar-refractivity contribution is 6.00. The van der Waals surface area contributed by atoms with Crippen LogP contribution in [0.2, 0.25) is 0 Å². The fraction of sp³-hybridized carbons (Fsp3) is 0.200. The molecule has 0 bridgehead atoms. The average Bonchev–Trinajstić information content (AvgIpc) is 3.20. The fourth-order valence-electron chi connectivity index (χ4n) is 2.80. The summed E-state index contributed by atoms with van der Waals surface area (Å²) in [5, 5.41) is 11.0. The number of nitrogens with one attached hydrogen (secondary N) is 1. The van der Waals surface area contributed by atoms with Crippen molar-refractivity contribution >= 4 is 17.5 Å². The second-order valence-corrected chi connectivity index (χ2v) is 6.18. The van der Waals surface area contributed by atoms with Crippen molar-refractivity contribution in [1.82, 2.24) is 15.0 Å². The number of para-hydroxylation sites is 1. The molecule has 28 heavy (non-hydrogen) atoms. The summed E-state index contributed by atoms with van der Waals surface area (Å²) in [7, 11) is 0. The smallest absolute Gasteiger partial charge is 0.226 e. The lowest BCUT2D eigenvalue weighted by Crippen LogP contribution is -2.16. The molecule has 0 radical (unpaired) electrons. The van der Waals surface area contributed by atoms with Gasteiger partial charge in [0.1, 0.15) is 13.2 Å². The molecule has 1 N–H and O–H groups in total. The van der Waals surface area contributed by atoms with E-state index in [4.69, 9.17) is 9.47 Å². The van der Waals surface area contributed by atoms with Gasteiger partial charge in [-0.05, 0) is 30.3 Å². The van der Waals surface area contributed by atoms with Crippen LogP contribution < -0.4 is 14.8 Å². The van der Waals surface area contributed by atoms with Crippen LogP contribution in [0.5, 0.6) is 11.5 Å². The first kappa shape index (κ1) is 17.7. The van der Waals surface area contributed by atoms with E-state index in [1.54, 1.807) is 18.2 Å². The first-order chi connectivity index (χ1) is 13.7. The molecule has 0 spiro atoms. The van der Waals surface area contributed by atoms with Gasteiger partial charge in [0.15, 0.2) is 23.1 Å². The monoisotopic (exact) mass is 378 g/mol. The van der Waals surface area contributed by atoms with E-state index in [0.29, 0.717) is 36.1 Å². The third-order valence-electron chi connectivity index (χ3n) is 4.19. The Labute approximate surface area is 161 Å². The quantitative estimate of drug-likeness (QED) is 0.663. The maximum Gasteiger partial charge on any atom is 0.226 e. The van der Waals surface area contributed by atoms with Crippen molar-refractivity contribution in [2.45, 2.75) is 12.8 Å². The van der Waals surface area contributed by atoms with Crippen LogP contribution in [0.4, 0.5) is 5.82 Å². The molecule has 2 heterocycles. The van der Waals surface area contributed by atoms with Gasteiger partial charge in [0, 0.05) is 18.4 Å². The van der Waals surface area contributed by atoms with Gasteiger partial charge >= 0.3 is 0 Å². The molecule has 0 saturated heterocycles. The number of carbonyl (C=O) groups excluding carboxylic acids is 2. The molecule has 1 aliphatic heterocycles. The number of ether oxygens (including phenoxy) is 2. The number of carbonyl (C=O) groups is 2. The number of fused-ring (bicyclic) bond motifs is 1. The maximum atomic E-state index is 12.4. The molecule has 1 aliphatic rings. The van der Waals surface area contributed by atoms with Crippen LogP contribution in [-0.4, -0.2) is 39.9 Å². The zero-order chi connectivity index (χ0) is 19.3. The van der Waals surface area contributed by atoms with E-state index in [-0.39, 0.29) is 24.5 Å². The van der Waals surface area contributed by atoms with Crippen molar-refractivity contribution in [2.75, 3.05) is 18.5 Å². The molecule has 8 heteroatoms. The molecule has 4 rings (SSSR count). The molecule has 8 nitrogen and oxygen atoms in total. The van der Waals surface area contributed by atoms with Crippen molar-refractivity contribution < 1.29 is 19.1 Å². The van der Waals surface area contributed by atoms with Gasteiger partial charge in [0.05, 0.1) is 11.9 Å². The lowest BCUT2D eigenvalue weighted by molar-refractivity contribution is -0.116. The summed E-state index contributed by atoms with van der Waals surface area (Å²) in [6.45, 7) is 0.950. The standard InChI is InChI=1S/C20H18N4O4/c25-16(14-6-8-17-18(12-14)28-11-10-27-17)7-9-20(26)22-19-13-21-24(23-19)15-4-2-1-3-5-15/h1-6,8,12-13H,7,9-11H2,(H,22,23,26). The molecule has 0 unspecified atom stereocenters. The summed E-state index contributed by atoms with van der Waals surface area (Å²) >= 11 is 0. The van der Waals surface area contributed by atoms with Crippen LogP contribution in [0.3, 0.4) is 0 Å². The molecular formula is C20H18N4O4. The van der Waals surface area contributed by atoms with Crippen molar-refractivity contribution in [2.24, 2.45) is 0 Å². The number of ketones is 1. The Morgan fingerprint density at radius 1 is 1.00 bits per heavy atom. The van der Waals surface area contributed by atoms with Crippen LogP contribution in [0.15, 0.2) is 54.7 Å². The third-order valence-corrected chi connectivity index (χ3v) is 4.19. The molecule has 3 aromatic rings. The van der Waals surface area contributed by atoms with Gasteiger partial charge in [-0.2, -0.15) is 5.10 Å². The molecular weight excluding hydrogens is 360 g/mol. The predicted molar refractivity (Wildman–Crippen MR) is 101 cm³/mol. The normalized spacial score (nSPS) is 12.4. The van der Waals surface area contributed by atoms with Gasteiger partial charge in [-0.15, -0.1) is 9.90 Å². The predicted octanol–water partition coefficient (Wildman–Crippen LogP) is 2.64. The lowest BCUT2D eigenvalue weighted by atomic mass is 10.1. The average molecular weight is 378 g/mol. The molecule has 142 valence electrons. The number of nitrogens with zero attached hydrogens (tertiary/aromatic N) is 3. The molecule has 0 saturated carbocycles. The first-order valence-electron chi connectivity index (χ1n) is 8.89. The van der Waals surface area contributed by atoms with E-state index in [0.717, 1.165) is 5.69 Å². The Hall–Kier alpha value is -3.68. The molecule has 2 aromatic carbocycles. The highest BCUT2D eigenvalue weighted by Crippen LogP contribution is 2.31. The van der Waals surface area contributed by atoms with E-state index < -0.39 is 0 Å². The van der Waals surface area contributed by atoms with Crippen LogP contribution in [0.25, 0.3) is 5.69 Å². The van der Waals surface area contributed by atoms with Gasteiger partial charge in [0.25, 0.3) is 0 Å². The van der Waals surface area contributed by atoms with Crippen LogP contribution in [0.1, 0.15) is 23.2 Å². The highest BCUT2D eigenvalue weighted by Gasteiger charge is 2.16. The maximum absolute atomic E-state index is 12.4. The fourth-order valence-corrected chi connectivity index (χ4v) is 2.80. The number of hydrogen-bond donors (Lipinski definition) is 1. The zero-order valence-corrected chi connectivity index (χ0v) is 15.0. The van der Waals surface area contributed by atoms with E-state index in [1.165, 1.54) is 11.0 Å². The van der Waals surface area contributed by atoms with Crippen molar-refractivity contribution in [3.63, 3.8) is 0 Å². The molecule has 1 aromatic heterocycles. The Bertz CT molecular complexity index is 1000. The number of amides is 1. The van der Waals surface area contributed by atoms with E-state index in [2.05, 4.69) is 15.5 Å². The summed E-state index contributed by atoms with van der Waals surface area (Å²) < 4.78 is 10.9. The summed E-state index contributed by atoms with van der Waals surface area (Å²) in [5.41, 5.74) is 1.28. The summed E-state index contributed by atoms with van der Waals surface area (Å²) in [6, 6.07) is 14.4. The van der Waals surface area contributed by atoms with Crippen LogP contribution >= 0.6 is 0 Å². The Morgan fingerprint density at radius 3 is 2.61 bits per heavy atom. The number of rotatable bonds is 6. The van der Waals surface area contributed by atoms with Gasteiger partial charge in [0.2, 0.25) is 5.91 Å². The minimum atomic E-state index is -0.300. The number of benzene rings is 2. The topological polar surface area (TPSA) is 95.3 Å². The number of aromatic nitrogens is 3. The van der Waals surface area contributed by atoms with Gasteiger partial charge < -0.3 is 14.8 Å².